The Hall–Kier alpha value is -3.67. The van der Waals surface area contributed by atoms with Gasteiger partial charge in [-0.05, 0) is 34.9 Å². The van der Waals surface area contributed by atoms with E-state index in [9.17, 15) is 9.59 Å². The van der Waals surface area contributed by atoms with Crippen molar-refractivity contribution in [1.82, 2.24) is 14.9 Å². The number of carbonyl (C=O) groups excluding carboxylic acids is 2. The summed E-state index contributed by atoms with van der Waals surface area (Å²) in [6, 6.07) is 14.9. The van der Waals surface area contributed by atoms with Crippen molar-refractivity contribution in [1.29, 1.82) is 0 Å². The summed E-state index contributed by atoms with van der Waals surface area (Å²) in [5.41, 5.74) is 3.49. The molecule has 0 aliphatic carbocycles. The van der Waals surface area contributed by atoms with Crippen LogP contribution >= 0.6 is 0 Å². The van der Waals surface area contributed by atoms with Crippen molar-refractivity contribution in [2.45, 2.75) is 13.1 Å². The number of rotatable bonds is 7. The van der Waals surface area contributed by atoms with Crippen LogP contribution in [0.4, 0.5) is 0 Å². The number of hydrogen-bond donors (Lipinski definition) is 1. The van der Waals surface area contributed by atoms with Crippen molar-refractivity contribution < 1.29 is 14.3 Å². The van der Waals surface area contributed by atoms with Crippen LogP contribution in [0.3, 0.4) is 0 Å². The Morgan fingerprint density at radius 2 is 1.79 bits per heavy atom. The predicted molar refractivity (Wildman–Crippen MR) is 106 cm³/mol. The van der Waals surface area contributed by atoms with Crippen molar-refractivity contribution in [3.05, 3.63) is 95.6 Å². The van der Waals surface area contributed by atoms with Gasteiger partial charge >= 0.3 is 5.97 Å². The lowest BCUT2D eigenvalue weighted by atomic mass is 10.1. The maximum atomic E-state index is 12.0. The van der Waals surface area contributed by atoms with Gasteiger partial charge in [-0.3, -0.25) is 4.79 Å². The van der Waals surface area contributed by atoms with Gasteiger partial charge in [0.1, 0.15) is 0 Å². The zero-order valence-electron chi connectivity index (χ0n) is 15.5. The van der Waals surface area contributed by atoms with Crippen molar-refractivity contribution in [2.75, 3.05) is 7.11 Å². The molecule has 6 heteroatoms. The highest BCUT2D eigenvalue weighted by Crippen LogP contribution is 2.08. The largest absolute Gasteiger partial charge is 0.465 e. The molecule has 1 heterocycles. The third-order valence-electron chi connectivity index (χ3n) is 4.17. The van der Waals surface area contributed by atoms with Crippen LogP contribution in [0.1, 0.15) is 27.0 Å². The summed E-state index contributed by atoms with van der Waals surface area (Å²) in [6.45, 7) is 1.22. The SMILES string of the molecule is COC(=O)c1ccc(/C=C/C(=O)NCc2ccc(Cn3ccnc3)cc2)cc1. The number of hydrogen-bond acceptors (Lipinski definition) is 4. The average Bonchev–Trinajstić information content (AvgIpc) is 3.24. The maximum Gasteiger partial charge on any atom is 0.337 e. The number of aromatic nitrogens is 2. The zero-order chi connectivity index (χ0) is 19.8. The molecule has 0 aliphatic heterocycles. The van der Waals surface area contributed by atoms with Crippen LogP contribution < -0.4 is 5.32 Å². The van der Waals surface area contributed by atoms with Gasteiger partial charge in [0.2, 0.25) is 5.91 Å². The molecule has 28 heavy (non-hydrogen) atoms. The van der Waals surface area contributed by atoms with E-state index < -0.39 is 0 Å². The number of nitrogens with one attached hydrogen (secondary N) is 1. The van der Waals surface area contributed by atoms with E-state index >= 15 is 0 Å². The number of carbonyl (C=O) groups is 2. The predicted octanol–water partition coefficient (Wildman–Crippen LogP) is 3.05. The summed E-state index contributed by atoms with van der Waals surface area (Å²) in [5.74, 6) is -0.566. The third-order valence-corrected chi connectivity index (χ3v) is 4.17. The van der Waals surface area contributed by atoms with Crippen molar-refractivity contribution in [3.8, 4) is 0 Å². The van der Waals surface area contributed by atoms with E-state index in [0.29, 0.717) is 12.1 Å². The minimum atomic E-state index is -0.385. The van der Waals surface area contributed by atoms with Gasteiger partial charge in [0, 0.05) is 31.6 Å². The molecule has 3 rings (SSSR count). The second kappa shape index (κ2) is 9.32. The van der Waals surface area contributed by atoms with Crippen LogP contribution in [0.2, 0.25) is 0 Å². The third kappa shape index (κ3) is 5.41. The second-order valence-electron chi connectivity index (χ2n) is 6.22. The monoisotopic (exact) mass is 375 g/mol. The molecule has 0 unspecified atom stereocenters. The fourth-order valence-electron chi connectivity index (χ4n) is 2.62. The number of imidazole rings is 1. The molecule has 0 bridgehead atoms. The quantitative estimate of drug-likeness (QED) is 0.509. The molecule has 0 atom stereocenters. The molecule has 3 aromatic rings. The topological polar surface area (TPSA) is 73.2 Å². The van der Waals surface area contributed by atoms with Gasteiger partial charge < -0.3 is 14.6 Å². The summed E-state index contributed by atoms with van der Waals surface area (Å²) in [4.78, 5) is 27.4. The standard InChI is InChI=1S/C22H21N3O3/c1-28-22(27)20-9-6-17(7-10-20)8-11-21(26)24-14-18-2-4-19(5-3-18)15-25-13-12-23-16-25/h2-13,16H,14-15H2,1H3,(H,24,26)/b11-8+. The first kappa shape index (κ1) is 19.1. The van der Waals surface area contributed by atoms with E-state index in [1.54, 1.807) is 42.9 Å². The number of benzene rings is 2. The lowest BCUT2D eigenvalue weighted by Crippen LogP contribution is -2.20. The summed E-state index contributed by atoms with van der Waals surface area (Å²) >= 11 is 0. The molecule has 1 amide bonds. The molecule has 0 saturated heterocycles. The van der Waals surface area contributed by atoms with E-state index in [2.05, 4.69) is 15.0 Å². The number of methoxy groups -OCH3 is 1. The molecule has 0 spiro atoms. The lowest BCUT2D eigenvalue weighted by Gasteiger charge is -2.06. The van der Waals surface area contributed by atoms with Crippen molar-refractivity contribution >= 4 is 18.0 Å². The molecule has 0 radical (unpaired) electrons. The van der Waals surface area contributed by atoms with Gasteiger partial charge in [0.05, 0.1) is 19.0 Å². The highest BCUT2D eigenvalue weighted by Gasteiger charge is 2.03. The molecule has 0 aliphatic rings. The second-order valence-corrected chi connectivity index (χ2v) is 6.22. The zero-order valence-corrected chi connectivity index (χ0v) is 15.5. The molecule has 6 nitrogen and oxygen atoms in total. The molecule has 1 aromatic heterocycles. The molecular formula is C22H21N3O3. The average molecular weight is 375 g/mol. The first-order valence-electron chi connectivity index (χ1n) is 8.82. The van der Waals surface area contributed by atoms with E-state index in [-0.39, 0.29) is 11.9 Å². The summed E-state index contributed by atoms with van der Waals surface area (Å²) in [7, 11) is 1.34. The Morgan fingerprint density at radius 3 is 2.43 bits per heavy atom. The summed E-state index contributed by atoms with van der Waals surface area (Å²) in [6.07, 6.45) is 8.63. The van der Waals surface area contributed by atoms with Gasteiger partial charge in [0.15, 0.2) is 0 Å². The van der Waals surface area contributed by atoms with E-state index in [0.717, 1.165) is 17.7 Å². The number of nitrogens with zero attached hydrogens (tertiary/aromatic N) is 2. The Labute approximate surface area is 163 Å². The van der Waals surface area contributed by atoms with Gasteiger partial charge in [-0.15, -0.1) is 0 Å². The first-order valence-corrected chi connectivity index (χ1v) is 8.82. The van der Waals surface area contributed by atoms with Crippen LogP contribution in [-0.4, -0.2) is 28.5 Å². The van der Waals surface area contributed by atoms with Crippen LogP contribution in [0, 0.1) is 0 Å². The molecular weight excluding hydrogens is 354 g/mol. The van der Waals surface area contributed by atoms with Gasteiger partial charge in [0.25, 0.3) is 0 Å². The molecule has 0 saturated carbocycles. The lowest BCUT2D eigenvalue weighted by molar-refractivity contribution is -0.116. The smallest absolute Gasteiger partial charge is 0.337 e. The maximum absolute atomic E-state index is 12.0. The first-order chi connectivity index (χ1) is 13.6. The van der Waals surface area contributed by atoms with Crippen molar-refractivity contribution in [3.63, 3.8) is 0 Å². The van der Waals surface area contributed by atoms with E-state index in [1.807, 2.05) is 35.0 Å². The number of esters is 1. The Kier molecular flexibility index (Phi) is 6.36. The number of amides is 1. The minimum absolute atomic E-state index is 0.181. The van der Waals surface area contributed by atoms with Gasteiger partial charge in [-0.2, -0.15) is 0 Å². The Balaban J connectivity index is 1.48. The van der Waals surface area contributed by atoms with E-state index in [1.165, 1.54) is 18.7 Å². The Morgan fingerprint density at radius 1 is 1.07 bits per heavy atom. The van der Waals surface area contributed by atoms with Crippen LogP contribution in [0.15, 0.2) is 73.3 Å². The molecule has 0 fully saturated rings. The fourth-order valence-corrected chi connectivity index (χ4v) is 2.62. The normalized spacial score (nSPS) is 10.8. The van der Waals surface area contributed by atoms with Gasteiger partial charge in [-0.1, -0.05) is 36.4 Å². The Bertz CT molecular complexity index is 944. The highest BCUT2D eigenvalue weighted by molar-refractivity contribution is 5.92. The van der Waals surface area contributed by atoms with Crippen LogP contribution in [0.5, 0.6) is 0 Å². The number of ether oxygens (including phenoxy) is 1. The summed E-state index contributed by atoms with van der Waals surface area (Å²) in [5, 5.41) is 2.86. The highest BCUT2D eigenvalue weighted by atomic mass is 16.5. The van der Waals surface area contributed by atoms with Gasteiger partial charge in [-0.25, -0.2) is 9.78 Å². The van der Waals surface area contributed by atoms with E-state index in [4.69, 9.17) is 0 Å². The van der Waals surface area contributed by atoms with Crippen LogP contribution in [-0.2, 0) is 22.6 Å². The fraction of sp³-hybridized carbons (Fsp3) is 0.136. The van der Waals surface area contributed by atoms with Crippen LogP contribution in [0.25, 0.3) is 6.08 Å². The molecule has 2 aromatic carbocycles. The van der Waals surface area contributed by atoms with Crippen molar-refractivity contribution in [2.24, 2.45) is 0 Å². The minimum Gasteiger partial charge on any atom is -0.465 e. The molecule has 142 valence electrons. The summed E-state index contributed by atoms with van der Waals surface area (Å²) < 4.78 is 6.66. The molecule has 1 N–H and O–H groups in total.